The smallest absolute Gasteiger partial charge is 0.332 e. The minimum atomic E-state index is -0.374. The lowest BCUT2D eigenvalue weighted by molar-refractivity contribution is 0.184. The molecule has 0 fully saturated rings. The third-order valence-corrected chi connectivity index (χ3v) is 5.76. The zero-order chi connectivity index (χ0) is 20.9. The van der Waals surface area contributed by atoms with Crippen molar-refractivity contribution in [2.24, 2.45) is 13.0 Å². The third kappa shape index (κ3) is 3.07. The second kappa shape index (κ2) is 7.18. The maximum atomic E-state index is 13.2. The SMILES string of the molecule is COCCn1c(=O)c2c(nc3n2C[C@H](C)CN3c2ccc(C)c(C)c2)n(C)c1=O. The molecule has 0 amide bonds. The van der Waals surface area contributed by atoms with Gasteiger partial charge in [0.05, 0.1) is 13.2 Å². The number of hydrogen-bond donors (Lipinski definition) is 0. The number of imidazole rings is 1. The Labute approximate surface area is 169 Å². The summed E-state index contributed by atoms with van der Waals surface area (Å²) >= 11 is 0. The number of fused-ring (bicyclic) bond motifs is 3. The van der Waals surface area contributed by atoms with Gasteiger partial charge in [0.25, 0.3) is 5.56 Å². The van der Waals surface area contributed by atoms with E-state index in [0.717, 1.165) is 12.2 Å². The Morgan fingerprint density at radius 1 is 1.17 bits per heavy atom. The Hall–Kier alpha value is -2.87. The van der Waals surface area contributed by atoms with E-state index in [4.69, 9.17) is 9.72 Å². The molecule has 8 heteroatoms. The normalized spacial score (nSPS) is 16.4. The summed E-state index contributed by atoms with van der Waals surface area (Å²) in [7, 11) is 3.22. The molecule has 29 heavy (non-hydrogen) atoms. The molecule has 1 aliphatic heterocycles. The fraction of sp³-hybridized carbons (Fsp3) is 0.476. The van der Waals surface area contributed by atoms with E-state index in [0.29, 0.717) is 36.2 Å². The van der Waals surface area contributed by atoms with Crippen molar-refractivity contribution in [1.29, 1.82) is 0 Å². The highest BCUT2D eigenvalue weighted by molar-refractivity contribution is 5.77. The quantitative estimate of drug-likeness (QED) is 0.673. The van der Waals surface area contributed by atoms with Crippen molar-refractivity contribution in [2.45, 2.75) is 33.9 Å². The molecule has 0 aliphatic carbocycles. The molecule has 0 saturated carbocycles. The van der Waals surface area contributed by atoms with E-state index in [2.05, 4.69) is 43.9 Å². The average molecular weight is 397 g/mol. The monoisotopic (exact) mass is 397 g/mol. The summed E-state index contributed by atoms with van der Waals surface area (Å²) in [5.74, 6) is 1.03. The van der Waals surface area contributed by atoms with Crippen LogP contribution < -0.4 is 16.1 Å². The van der Waals surface area contributed by atoms with Crippen LogP contribution in [0.2, 0.25) is 0 Å². The van der Waals surface area contributed by atoms with Crippen molar-refractivity contribution >= 4 is 22.8 Å². The summed E-state index contributed by atoms with van der Waals surface area (Å²) in [4.78, 5) is 32.8. The van der Waals surface area contributed by atoms with E-state index in [1.54, 1.807) is 14.2 Å². The maximum Gasteiger partial charge on any atom is 0.332 e. The van der Waals surface area contributed by atoms with E-state index in [1.807, 2.05) is 4.57 Å². The van der Waals surface area contributed by atoms with Gasteiger partial charge in [-0.3, -0.25) is 13.9 Å². The van der Waals surface area contributed by atoms with Gasteiger partial charge >= 0.3 is 5.69 Å². The second-order valence-corrected chi connectivity index (χ2v) is 7.97. The van der Waals surface area contributed by atoms with Gasteiger partial charge in [0.1, 0.15) is 0 Å². The highest BCUT2D eigenvalue weighted by atomic mass is 16.5. The van der Waals surface area contributed by atoms with Gasteiger partial charge < -0.3 is 14.2 Å². The minimum Gasteiger partial charge on any atom is -0.383 e. The van der Waals surface area contributed by atoms with Gasteiger partial charge in [-0.15, -0.1) is 0 Å². The molecule has 0 N–H and O–H groups in total. The average Bonchev–Trinajstić information content (AvgIpc) is 3.07. The molecule has 0 bridgehead atoms. The van der Waals surface area contributed by atoms with E-state index in [1.165, 1.54) is 20.3 Å². The number of ether oxygens (including phenoxy) is 1. The summed E-state index contributed by atoms with van der Waals surface area (Å²) in [6.07, 6.45) is 0. The summed E-state index contributed by atoms with van der Waals surface area (Å²) in [5, 5.41) is 0. The lowest BCUT2D eigenvalue weighted by atomic mass is 10.1. The molecule has 4 rings (SSSR count). The van der Waals surface area contributed by atoms with E-state index in [-0.39, 0.29) is 17.8 Å². The fourth-order valence-electron chi connectivity index (χ4n) is 4.00. The van der Waals surface area contributed by atoms with E-state index in [9.17, 15) is 9.59 Å². The topological polar surface area (TPSA) is 74.3 Å². The van der Waals surface area contributed by atoms with Crippen LogP contribution in [0.3, 0.4) is 0 Å². The lowest BCUT2D eigenvalue weighted by Crippen LogP contribution is -2.41. The van der Waals surface area contributed by atoms with E-state index < -0.39 is 0 Å². The standard InChI is InChI=1S/C21H27N5O3/c1-13-11-25(16-7-6-14(2)15(3)10-16)20-22-18-17(26(20)12-13)19(27)24(8-9-29-5)21(28)23(18)4/h6-7,10,13H,8-9,11-12H2,1-5H3/t13-/m1/s1. The van der Waals surface area contributed by atoms with Crippen LogP contribution in [0.1, 0.15) is 18.1 Å². The second-order valence-electron chi connectivity index (χ2n) is 7.97. The van der Waals surface area contributed by atoms with Crippen LogP contribution in [0.25, 0.3) is 11.2 Å². The van der Waals surface area contributed by atoms with Gasteiger partial charge in [-0.05, 0) is 43.0 Å². The highest BCUT2D eigenvalue weighted by Gasteiger charge is 2.29. The van der Waals surface area contributed by atoms with Gasteiger partial charge in [0.2, 0.25) is 5.95 Å². The van der Waals surface area contributed by atoms with Gasteiger partial charge in [0, 0.05) is 32.9 Å². The Morgan fingerprint density at radius 3 is 2.62 bits per heavy atom. The summed E-state index contributed by atoms with van der Waals surface area (Å²) in [6, 6.07) is 6.33. The van der Waals surface area contributed by atoms with Gasteiger partial charge in [-0.1, -0.05) is 13.0 Å². The Balaban J connectivity index is 1.97. The Kier molecular flexibility index (Phi) is 4.82. The minimum absolute atomic E-state index is 0.217. The molecule has 3 aromatic rings. The maximum absolute atomic E-state index is 13.2. The molecule has 8 nitrogen and oxygen atoms in total. The van der Waals surface area contributed by atoms with Crippen LogP contribution in [0.15, 0.2) is 27.8 Å². The lowest BCUT2D eigenvalue weighted by Gasteiger charge is -2.33. The number of rotatable bonds is 4. The first-order chi connectivity index (χ1) is 13.8. The van der Waals surface area contributed by atoms with Crippen molar-refractivity contribution in [3.05, 3.63) is 50.2 Å². The molecule has 1 aliphatic rings. The number of nitrogens with zero attached hydrogens (tertiary/aromatic N) is 5. The van der Waals surface area contributed by atoms with Crippen molar-refractivity contribution in [3.63, 3.8) is 0 Å². The molecule has 1 aromatic carbocycles. The summed E-state index contributed by atoms with van der Waals surface area (Å²) in [5.41, 5.74) is 3.69. The molecule has 3 heterocycles. The van der Waals surface area contributed by atoms with E-state index >= 15 is 0 Å². The molecule has 0 unspecified atom stereocenters. The van der Waals surface area contributed by atoms with Gasteiger partial charge in [-0.25, -0.2) is 4.79 Å². The number of aryl methyl sites for hydroxylation is 3. The first kappa shape index (κ1) is 19.4. The van der Waals surface area contributed by atoms with Crippen LogP contribution in [-0.4, -0.2) is 38.9 Å². The molecule has 0 spiro atoms. The number of anilines is 2. The predicted octanol–water partition coefficient (Wildman–Crippen LogP) is 1.95. The van der Waals surface area contributed by atoms with Crippen molar-refractivity contribution in [2.75, 3.05) is 25.2 Å². The number of methoxy groups -OCH3 is 1. The molecular weight excluding hydrogens is 370 g/mol. The third-order valence-electron chi connectivity index (χ3n) is 5.76. The van der Waals surface area contributed by atoms with Gasteiger partial charge in [-0.2, -0.15) is 4.98 Å². The molecule has 0 radical (unpaired) electrons. The van der Waals surface area contributed by atoms with Gasteiger partial charge in [0.15, 0.2) is 11.2 Å². The number of hydrogen-bond acceptors (Lipinski definition) is 5. The fourth-order valence-corrected chi connectivity index (χ4v) is 4.00. The Bertz CT molecular complexity index is 1200. The molecule has 2 aromatic heterocycles. The zero-order valence-electron chi connectivity index (χ0n) is 17.6. The van der Waals surface area contributed by atoms with Crippen LogP contribution in [0, 0.1) is 19.8 Å². The highest BCUT2D eigenvalue weighted by Crippen LogP contribution is 2.33. The van der Waals surface area contributed by atoms with Crippen molar-refractivity contribution in [1.82, 2.24) is 18.7 Å². The predicted molar refractivity (Wildman–Crippen MR) is 113 cm³/mol. The van der Waals surface area contributed by atoms with Crippen LogP contribution in [0.4, 0.5) is 11.6 Å². The zero-order valence-corrected chi connectivity index (χ0v) is 17.6. The molecule has 0 saturated heterocycles. The van der Waals surface area contributed by atoms with Crippen LogP contribution >= 0.6 is 0 Å². The first-order valence-electron chi connectivity index (χ1n) is 9.87. The van der Waals surface area contributed by atoms with Crippen molar-refractivity contribution in [3.8, 4) is 0 Å². The van der Waals surface area contributed by atoms with Crippen LogP contribution in [-0.2, 0) is 24.9 Å². The summed E-state index contributed by atoms with van der Waals surface area (Å²) in [6.45, 7) is 8.34. The largest absolute Gasteiger partial charge is 0.383 e. The Morgan fingerprint density at radius 2 is 1.93 bits per heavy atom. The molecular formula is C21H27N5O3. The van der Waals surface area contributed by atoms with Crippen LogP contribution in [0.5, 0.6) is 0 Å². The summed E-state index contributed by atoms with van der Waals surface area (Å²) < 4.78 is 9.73. The molecule has 154 valence electrons. The molecule has 1 atom stereocenters. The van der Waals surface area contributed by atoms with Crippen molar-refractivity contribution < 1.29 is 4.74 Å². The first-order valence-corrected chi connectivity index (χ1v) is 9.87. The number of benzene rings is 1. The number of aromatic nitrogens is 4.